The molecule has 2 N–H and O–H groups in total. The van der Waals surface area contributed by atoms with E-state index in [1.807, 2.05) is 19.1 Å². The predicted molar refractivity (Wildman–Crippen MR) is 59.5 cm³/mol. The third-order valence-electron chi connectivity index (χ3n) is 2.94. The second-order valence-corrected chi connectivity index (χ2v) is 4.01. The molecule has 82 valence electrons. The molecule has 0 spiro atoms. The Kier molecular flexibility index (Phi) is 2.82. The summed E-state index contributed by atoms with van der Waals surface area (Å²) in [7, 11) is 1.66. The van der Waals surface area contributed by atoms with Crippen LogP contribution in [0.2, 0.25) is 0 Å². The van der Waals surface area contributed by atoms with Gasteiger partial charge in [0.25, 0.3) is 0 Å². The average molecular weight is 207 g/mol. The van der Waals surface area contributed by atoms with E-state index in [4.69, 9.17) is 15.2 Å². The molecule has 1 heterocycles. The van der Waals surface area contributed by atoms with E-state index in [2.05, 4.69) is 6.07 Å². The normalized spacial score (nSPS) is 21.4. The molecule has 0 bridgehead atoms. The molecular formula is C12H17NO2. The maximum atomic E-state index is 5.97. The van der Waals surface area contributed by atoms with Gasteiger partial charge in [-0.1, -0.05) is 6.07 Å². The molecule has 3 heteroatoms. The minimum Gasteiger partial charge on any atom is -0.497 e. The fourth-order valence-electron chi connectivity index (χ4n) is 2.07. The van der Waals surface area contributed by atoms with E-state index in [9.17, 15) is 0 Å². The van der Waals surface area contributed by atoms with E-state index in [-0.39, 0.29) is 6.04 Å². The van der Waals surface area contributed by atoms with Gasteiger partial charge in [-0.3, -0.25) is 0 Å². The SMILES string of the molecule is COc1ccc2c(c1)OCCC2C(C)N. The molecule has 1 aromatic carbocycles. The zero-order valence-corrected chi connectivity index (χ0v) is 9.19. The van der Waals surface area contributed by atoms with Gasteiger partial charge in [0.2, 0.25) is 0 Å². The van der Waals surface area contributed by atoms with Crippen LogP contribution in [0.15, 0.2) is 18.2 Å². The number of benzene rings is 1. The minimum atomic E-state index is 0.168. The molecule has 1 aromatic rings. The second kappa shape index (κ2) is 4.11. The van der Waals surface area contributed by atoms with Crippen LogP contribution < -0.4 is 15.2 Å². The number of ether oxygens (including phenoxy) is 2. The van der Waals surface area contributed by atoms with Gasteiger partial charge in [-0.25, -0.2) is 0 Å². The molecule has 0 saturated carbocycles. The number of fused-ring (bicyclic) bond motifs is 1. The highest BCUT2D eigenvalue weighted by molar-refractivity contribution is 5.44. The third kappa shape index (κ3) is 1.92. The first-order valence-electron chi connectivity index (χ1n) is 5.28. The molecular weight excluding hydrogens is 190 g/mol. The van der Waals surface area contributed by atoms with Gasteiger partial charge in [-0.2, -0.15) is 0 Å². The number of hydrogen-bond acceptors (Lipinski definition) is 3. The molecule has 0 radical (unpaired) electrons. The Hall–Kier alpha value is -1.22. The first-order valence-corrected chi connectivity index (χ1v) is 5.28. The molecule has 0 aliphatic carbocycles. The first kappa shape index (κ1) is 10.3. The van der Waals surface area contributed by atoms with E-state index < -0.39 is 0 Å². The van der Waals surface area contributed by atoms with Crippen molar-refractivity contribution in [2.75, 3.05) is 13.7 Å². The highest BCUT2D eigenvalue weighted by Crippen LogP contribution is 2.37. The Labute approximate surface area is 90.2 Å². The number of nitrogens with two attached hydrogens (primary N) is 1. The van der Waals surface area contributed by atoms with Crippen LogP contribution in [0.4, 0.5) is 0 Å². The van der Waals surface area contributed by atoms with Crippen molar-refractivity contribution in [2.24, 2.45) is 5.73 Å². The van der Waals surface area contributed by atoms with Crippen LogP contribution in [-0.4, -0.2) is 19.8 Å². The lowest BCUT2D eigenvalue weighted by molar-refractivity contribution is 0.256. The molecule has 0 fully saturated rings. The Morgan fingerprint density at radius 1 is 1.53 bits per heavy atom. The fraction of sp³-hybridized carbons (Fsp3) is 0.500. The molecule has 1 aliphatic rings. The van der Waals surface area contributed by atoms with Crippen LogP contribution in [0.25, 0.3) is 0 Å². The van der Waals surface area contributed by atoms with Crippen molar-refractivity contribution in [2.45, 2.75) is 25.3 Å². The minimum absolute atomic E-state index is 0.168. The van der Waals surface area contributed by atoms with Gasteiger partial charge in [0, 0.05) is 18.0 Å². The van der Waals surface area contributed by atoms with E-state index in [1.54, 1.807) is 7.11 Å². The van der Waals surface area contributed by atoms with Crippen molar-refractivity contribution in [1.29, 1.82) is 0 Å². The summed E-state index contributed by atoms with van der Waals surface area (Å²) in [5.74, 6) is 2.15. The highest BCUT2D eigenvalue weighted by Gasteiger charge is 2.24. The van der Waals surface area contributed by atoms with Gasteiger partial charge in [0.05, 0.1) is 13.7 Å². The summed E-state index contributed by atoms with van der Waals surface area (Å²) in [5, 5.41) is 0. The van der Waals surface area contributed by atoms with Crippen molar-refractivity contribution in [3.05, 3.63) is 23.8 Å². The number of methoxy groups -OCH3 is 1. The summed E-state index contributed by atoms with van der Waals surface area (Å²) < 4.78 is 10.8. The lowest BCUT2D eigenvalue weighted by Crippen LogP contribution is -2.29. The summed E-state index contributed by atoms with van der Waals surface area (Å²) in [4.78, 5) is 0. The van der Waals surface area contributed by atoms with E-state index in [1.165, 1.54) is 5.56 Å². The molecule has 0 amide bonds. The second-order valence-electron chi connectivity index (χ2n) is 4.01. The van der Waals surface area contributed by atoms with Gasteiger partial charge in [-0.05, 0) is 25.0 Å². The molecule has 1 aliphatic heterocycles. The van der Waals surface area contributed by atoms with Crippen molar-refractivity contribution >= 4 is 0 Å². The smallest absolute Gasteiger partial charge is 0.126 e. The van der Waals surface area contributed by atoms with E-state index in [0.717, 1.165) is 24.5 Å². The fourth-order valence-corrected chi connectivity index (χ4v) is 2.07. The van der Waals surface area contributed by atoms with Gasteiger partial charge in [0.1, 0.15) is 11.5 Å². The average Bonchev–Trinajstić information content (AvgIpc) is 2.27. The van der Waals surface area contributed by atoms with Gasteiger partial charge < -0.3 is 15.2 Å². The van der Waals surface area contributed by atoms with Crippen molar-refractivity contribution in [1.82, 2.24) is 0 Å². The third-order valence-corrected chi connectivity index (χ3v) is 2.94. The van der Waals surface area contributed by atoms with Crippen molar-refractivity contribution < 1.29 is 9.47 Å². The van der Waals surface area contributed by atoms with Crippen LogP contribution in [-0.2, 0) is 0 Å². The van der Waals surface area contributed by atoms with Crippen LogP contribution in [0.1, 0.15) is 24.8 Å². The van der Waals surface area contributed by atoms with Crippen LogP contribution in [0, 0.1) is 0 Å². The summed E-state index contributed by atoms with van der Waals surface area (Å²) in [6.45, 7) is 2.79. The van der Waals surface area contributed by atoms with Gasteiger partial charge >= 0.3 is 0 Å². The summed E-state index contributed by atoms with van der Waals surface area (Å²) in [6, 6.07) is 6.12. The monoisotopic (exact) mass is 207 g/mol. The zero-order chi connectivity index (χ0) is 10.8. The summed E-state index contributed by atoms with van der Waals surface area (Å²) in [6.07, 6.45) is 0.997. The van der Waals surface area contributed by atoms with Crippen molar-refractivity contribution in [3.8, 4) is 11.5 Å². The van der Waals surface area contributed by atoms with Crippen LogP contribution in [0.5, 0.6) is 11.5 Å². The van der Waals surface area contributed by atoms with Gasteiger partial charge in [0.15, 0.2) is 0 Å². The number of hydrogen-bond donors (Lipinski definition) is 1. The van der Waals surface area contributed by atoms with E-state index in [0.29, 0.717) is 5.92 Å². The predicted octanol–water partition coefficient (Wildman–Crippen LogP) is 1.91. The topological polar surface area (TPSA) is 44.5 Å². The molecule has 2 rings (SSSR count). The summed E-state index contributed by atoms with van der Waals surface area (Å²) in [5.41, 5.74) is 7.17. The van der Waals surface area contributed by atoms with Gasteiger partial charge in [-0.15, -0.1) is 0 Å². The molecule has 3 nitrogen and oxygen atoms in total. The van der Waals surface area contributed by atoms with E-state index >= 15 is 0 Å². The maximum Gasteiger partial charge on any atom is 0.126 e. The highest BCUT2D eigenvalue weighted by atomic mass is 16.5. The van der Waals surface area contributed by atoms with Crippen LogP contribution >= 0.6 is 0 Å². The molecule has 15 heavy (non-hydrogen) atoms. The molecule has 0 aromatic heterocycles. The lowest BCUT2D eigenvalue weighted by Gasteiger charge is -2.28. The Balaban J connectivity index is 2.36. The quantitative estimate of drug-likeness (QED) is 0.805. The van der Waals surface area contributed by atoms with Crippen molar-refractivity contribution in [3.63, 3.8) is 0 Å². The molecule has 0 saturated heterocycles. The maximum absolute atomic E-state index is 5.97. The Morgan fingerprint density at radius 3 is 3.00 bits per heavy atom. The first-order chi connectivity index (χ1) is 7.22. The lowest BCUT2D eigenvalue weighted by atomic mass is 9.88. The summed E-state index contributed by atoms with van der Waals surface area (Å²) >= 11 is 0. The Morgan fingerprint density at radius 2 is 2.33 bits per heavy atom. The molecule has 2 unspecified atom stereocenters. The number of rotatable bonds is 2. The Bertz CT molecular complexity index is 349. The standard InChI is InChI=1S/C12H17NO2/c1-8(13)10-5-6-15-12-7-9(14-2)3-4-11(10)12/h3-4,7-8,10H,5-6,13H2,1-2H3. The zero-order valence-electron chi connectivity index (χ0n) is 9.19. The molecule has 2 atom stereocenters. The largest absolute Gasteiger partial charge is 0.497 e. The van der Waals surface area contributed by atoms with Crippen LogP contribution in [0.3, 0.4) is 0 Å².